The van der Waals surface area contributed by atoms with Gasteiger partial charge < -0.3 is 10.6 Å². The molecule has 2 N–H and O–H groups in total. The Morgan fingerprint density at radius 3 is 3.11 bits per heavy atom. The van der Waals surface area contributed by atoms with Gasteiger partial charge in [0.1, 0.15) is 5.82 Å². The molecule has 1 aromatic carbocycles. The molecule has 2 atom stereocenters. The van der Waals surface area contributed by atoms with Gasteiger partial charge in [0, 0.05) is 18.1 Å². The minimum atomic E-state index is -0.278. The van der Waals surface area contributed by atoms with Gasteiger partial charge in [-0.3, -0.25) is 4.79 Å². The number of halogens is 1. The summed E-state index contributed by atoms with van der Waals surface area (Å²) in [6, 6.07) is 6.01. The van der Waals surface area contributed by atoms with Crippen molar-refractivity contribution in [1.29, 1.82) is 0 Å². The Hall–Kier alpha value is -1.07. The average Bonchev–Trinajstić information content (AvgIpc) is 2.39. The molecular formula is C13H17FN2OS. The zero-order valence-corrected chi connectivity index (χ0v) is 11.1. The highest BCUT2D eigenvalue weighted by molar-refractivity contribution is 7.99. The lowest BCUT2D eigenvalue weighted by atomic mass is 10.1. The normalized spacial score (nSPS) is 21.3. The van der Waals surface area contributed by atoms with Gasteiger partial charge in [-0.2, -0.15) is 11.8 Å². The molecule has 3 nitrogen and oxygen atoms in total. The zero-order valence-electron chi connectivity index (χ0n) is 10.3. The largest absolute Gasteiger partial charge is 0.348 e. The summed E-state index contributed by atoms with van der Waals surface area (Å²) in [6.07, 6.45) is 0. The van der Waals surface area contributed by atoms with Crippen LogP contribution in [-0.2, 0) is 4.79 Å². The number of carbonyl (C=O) groups excluding carboxylic acids is 1. The van der Waals surface area contributed by atoms with E-state index in [9.17, 15) is 9.18 Å². The third-order valence-electron chi connectivity index (χ3n) is 2.95. The smallest absolute Gasteiger partial charge is 0.238 e. The minimum Gasteiger partial charge on any atom is -0.348 e. The Morgan fingerprint density at radius 2 is 2.44 bits per heavy atom. The summed E-state index contributed by atoms with van der Waals surface area (Å²) in [4.78, 5) is 12.0. The van der Waals surface area contributed by atoms with Crippen molar-refractivity contribution in [2.24, 2.45) is 0 Å². The summed E-state index contributed by atoms with van der Waals surface area (Å²) in [5, 5.41) is 6.09. The van der Waals surface area contributed by atoms with Crippen LogP contribution in [0.4, 0.5) is 4.39 Å². The Labute approximate surface area is 111 Å². The average molecular weight is 268 g/mol. The van der Waals surface area contributed by atoms with E-state index >= 15 is 0 Å². The van der Waals surface area contributed by atoms with Crippen molar-refractivity contribution < 1.29 is 9.18 Å². The summed E-state index contributed by atoms with van der Waals surface area (Å²) in [5.41, 5.74) is 0.784. The van der Waals surface area contributed by atoms with E-state index < -0.39 is 0 Å². The summed E-state index contributed by atoms with van der Waals surface area (Å²) < 4.78 is 13.1. The van der Waals surface area contributed by atoms with Crippen LogP contribution in [0, 0.1) is 5.82 Å². The van der Waals surface area contributed by atoms with Gasteiger partial charge >= 0.3 is 0 Å². The van der Waals surface area contributed by atoms with E-state index in [1.807, 2.05) is 13.0 Å². The molecule has 1 fully saturated rings. The van der Waals surface area contributed by atoms with Gasteiger partial charge in [-0.05, 0) is 24.6 Å². The summed E-state index contributed by atoms with van der Waals surface area (Å²) >= 11 is 1.77. The van der Waals surface area contributed by atoms with E-state index in [1.54, 1.807) is 17.8 Å². The van der Waals surface area contributed by atoms with Gasteiger partial charge in [0.25, 0.3) is 0 Å². The zero-order chi connectivity index (χ0) is 13.0. The van der Waals surface area contributed by atoms with Crippen LogP contribution in [0.15, 0.2) is 24.3 Å². The number of amides is 1. The molecule has 0 saturated carbocycles. The summed E-state index contributed by atoms with van der Waals surface area (Å²) in [6.45, 7) is 2.72. The Balaban J connectivity index is 1.94. The Bertz CT molecular complexity index is 421. The predicted octanol–water partition coefficient (Wildman–Crippen LogP) is 1.71. The van der Waals surface area contributed by atoms with Crippen LogP contribution in [0.2, 0.25) is 0 Å². The van der Waals surface area contributed by atoms with E-state index in [0.29, 0.717) is 0 Å². The molecule has 5 heteroatoms. The van der Waals surface area contributed by atoms with Gasteiger partial charge in [0.2, 0.25) is 5.91 Å². The highest BCUT2D eigenvalue weighted by Gasteiger charge is 2.22. The van der Waals surface area contributed by atoms with Crippen molar-refractivity contribution in [3.8, 4) is 0 Å². The van der Waals surface area contributed by atoms with Crippen LogP contribution in [0.5, 0.6) is 0 Å². The van der Waals surface area contributed by atoms with Crippen molar-refractivity contribution >= 4 is 17.7 Å². The van der Waals surface area contributed by atoms with Crippen molar-refractivity contribution in [2.45, 2.75) is 19.0 Å². The van der Waals surface area contributed by atoms with Crippen molar-refractivity contribution in [3.63, 3.8) is 0 Å². The quantitative estimate of drug-likeness (QED) is 0.877. The number of thioether (sulfide) groups is 1. The molecule has 1 heterocycles. The van der Waals surface area contributed by atoms with Gasteiger partial charge in [-0.15, -0.1) is 0 Å². The molecule has 1 aliphatic heterocycles. The lowest BCUT2D eigenvalue weighted by Crippen LogP contribution is -2.49. The van der Waals surface area contributed by atoms with Crippen LogP contribution in [0.1, 0.15) is 18.5 Å². The monoisotopic (exact) mass is 268 g/mol. The number of benzene rings is 1. The molecule has 18 heavy (non-hydrogen) atoms. The number of rotatable bonds is 3. The number of hydrogen-bond acceptors (Lipinski definition) is 3. The first-order valence-corrected chi connectivity index (χ1v) is 7.19. The van der Waals surface area contributed by atoms with E-state index in [2.05, 4.69) is 10.6 Å². The second kappa shape index (κ2) is 6.20. The van der Waals surface area contributed by atoms with E-state index in [0.717, 1.165) is 23.6 Å². The van der Waals surface area contributed by atoms with Gasteiger partial charge in [-0.1, -0.05) is 12.1 Å². The fourth-order valence-corrected chi connectivity index (χ4v) is 2.84. The molecule has 0 aromatic heterocycles. The highest BCUT2D eigenvalue weighted by atomic mass is 32.2. The van der Waals surface area contributed by atoms with Crippen molar-refractivity contribution in [3.05, 3.63) is 35.6 Å². The fourth-order valence-electron chi connectivity index (χ4n) is 1.91. The molecule has 0 bridgehead atoms. The predicted molar refractivity (Wildman–Crippen MR) is 72.1 cm³/mol. The topological polar surface area (TPSA) is 41.1 Å². The maximum atomic E-state index is 13.1. The van der Waals surface area contributed by atoms with Crippen LogP contribution in [-0.4, -0.2) is 30.0 Å². The summed E-state index contributed by atoms with van der Waals surface area (Å²) in [7, 11) is 0. The van der Waals surface area contributed by atoms with Gasteiger partial charge in [-0.25, -0.2) is 4.39 Å². The van der Waals surface area contributed by atoms with Crippen LogP contribution in [0.3, 0.4) is 0 Å². The number of hydrogen-bond donors (Lipinski definition) is 2. The van der Waals surface area contributed by atoms with E-state index in [1.165, 1.54) is 12.1 Å². The number of nitrogens with one attached hydrogen (secondary N) is 2. The lowest BCUT2D eigenvalue weighted by molar-refractivity contribution is -0.123. The van der Waals surface area contributed by atoms with Gasteiger partial charge in [0.05, 0.1) is 12.1 Å². The highest BCUT2D eigenvalue weighted by Crippen LogP contribution is 2.14. The molecule has 1 amide bonds. The molecule has 1 aliphatic rings. The fraction of sp³-hybridized carbons (Fsp3) is 0.462. The molecule has 1 saturated heterocycles. The molecule has 0 spiro atoms. The van der Waals surface area contributed by atoms with Crippen LogP contribution >= 0.6 is 11.8 Å². The first kappa shape index (κ1) is 13.4. The molecule has 98 valence electrons. The Kier molecular flexibility index (Phi) is 4.60. The van der Waals surface area contributed by atoms with Crippen molar-refractivity contribution in [1.82, 2.24) is 10.6 Å². The molecule has 0 radical (unpaired) electrons. The SMILES string of the molecule is C[C@H](NC(=O)C1CSCCN1)c1cccc(F)c1. The molecule has 1 aromatic rings. The molecular weight excluding hydrogens is 251 g/mol. The summed E-state index contributed by atoms with van der Waals surface area (Å²) in [5.74, 6) is 1.55. The molecule has 0 aliphatic carbocycles. The first-order chi connectivity index (χ1) is 8.66. The van der Waals surface area contributed by atoms with E-state index in [-0.39, 0.29) is 23.8 Å². The standard InChI is InChI=1S/C13H17FN2OS/c1-9(10-3-2-4-11(14)7-10)16-13(17)12-8-18-6-5-15-12/h2-4,7,9,12,15H,5-6,8H2,1H3,(H,16,17)/t9-,12?/m0/s1. The van der Waals surface area contributed by atoms with Crippen LogP contribution in [0.25, 0.3) is 0 Å². The Morgan fingerprint density at radius 1 is 1.61 bits per heavy atom. The van der Waals surface area contributed by atoms with Gasteiger partial charge in [0.15, 0.2) is 0 Å². The third kappa shape index (κ3) is 3.46. The molecule has 2 rings (SSSR count). The maximum Gasteiger partial charge on any atom is 0.238 e. The second-order valence-electron chi connectivity index (χ2n) is 4.37. The van der Waals surface area contributed by atoms with Crippen molar-refractivity contribution in [2.75, 3.05) is 18.1 Å². The van der Waals surface area contributed by atoms with Crippen LogP contribution < -0.4 is 10.6 Å². The second-order valence-corrected chi connectivity index (χ2v) is 5.52. The lowest BCUT2D eigenvalue weighted by Gasteiger charge is -2.24. The first-order valence-electron chi connectivity index (χ1n) is 6.04. The molecule has 1 unspecified atom stereocenters. The minimum absolute atomic E-state index is 0.0149. The van der Waals surface area contributed by atoms with E-state index in [4.69, 9.17) is 0 Å². The third-order valence-corrected chi connectivity index (χ3v) is 4.01. The number of carbonyl (C=O) groups is 1. The maximum absolute atomic E-state index is 13.1.